The quantitative estimate of drug-likeness (QED) is 0.504. The third-order valence-electron chi connectivity index (χ3n) is 2.72. The Kier molecular flexibility index (Phi) is 2.58. The van der Waals surface area contributed by atoms with E-state index in [1.165, 1.54) is 12.7 Å². The highest BCUT2D eigenvalue weighted by Gasteiger charge is 2.37. The molecule has 0 aromatic heterocycles. The van der Waals surface area contributed by atoms with Gasteiger partial charge in [0.05, 0.1) is 0 Å². The molecular formula is C10H21BO. The lowest BCUT2D eigenvalue weighted by Crippen LogP contribution is -2.39. The lowest BCUT2D eigenvalue weighted by Gasteiger charge is -2.38. The topological polar surface area (TPSA) is 9.23 Å². The molecule has 70 valence electrons. The minimum absolute atomic E-state index is 0.316. The standard InChI is InChI=1S/C10H21BO/c1-9(2,3)11-7-6-10(4,5)8-12-11/h6-8H2,1-5H3. The molecule has 1 aliphatic rings. The van der Waals surface area contributed by atoms with Gasteiger partial charge in [0, 0.05) is 6.61 Å². The summed E-state index contributed by atoms with van der Waals surface area (Å²) in [5.74, 6) is 0. The largest absolute Gasteiger partial charge is 0.435 e. The van der Waals surface area contributed by atoms with Crippen LogP contribution in [0.25, 0.3) is 0 Å². The summed E-state index contributed by atoms with van der Waals surface area (Å²) in [6, 6.07) is 0. The zero-order valence-corrected chi connectivity index (χ0v) is 9.11. The highest BCUT2D eigenvalue weighted by Crippen LogP contribution is 2.38. The van der Waals surface area contributed by atoms with E-state index in [-0.39, 0.29) is 0 Å². The van der Waals surface area contributed by atoms with Crippen molar-refractivity contribution in [3.63, 3.8) is 0 Å². The van der Waals surface area contributed by atoms with Gasteiger partial charge in [-0.25, -0.2) is 0 Å². The first-order valence-electron chi connectivity index (χ1n) is 4.93. The SMILES string of the molecule is CC1(C)CCB(C(C)(C)C)OC1. The normalized spacial score (nSPS) is 24.2. The molecule has 1 rings (SSSR count). The van der Waals surface area contributed by atoms with Gasteiger partial charge < -0.3 is 4.65 Å². The third kappa shape index (κ3) is 2.51. The van der Waals surface area contributed by atoms with E-state index < -0.39 is 0 Å². The van der Waals surface area contributed by atoms with E-state index in [0.29, 0.717) is 17.6 Å². The summed E-state index contributed by atoms with van der Waals surface area (Å²) < 4.78 is 5.86. The molecule has 2 heteroatoms. The Morgan fingerprint density at radius 2 is 1.83 bits per heavy atom. The fourth-order valence-electron chi connectivity index (χ4n) is 1.69. The molecule has 0 spiro atoms. The molecule has 0 aromatic carbocycles. The highest BCUT2D eigenvalue weighted by molar-refractivity contribution is 6.55. The number of rotatable bonds is 0. The fraction of sp³-hybridized carbons (Fsp3) is 1.00. The van der Waals surface area contributed by atoms with Crippen LogP contribution in [0, 0.1) is 5.41 Å². The van der Waals surface area contributed by atoms with Crippen molar-refractivity contribution in [2.45, 2.75) is 52.7 Å². The Bertz CT molecular complexity index is 148. The lowest BCUT2D eigenvalue weighted by molar-refractivity contribution is 0.140. The van der Waals surface area contributed by atoms with Crippen LogP contribution in [0.3, 0.4) is 0 Å². The van der Waals surface area contributed by atoms with Crippen LogP contribution < -0.4 is 0 Å². The Morgan fingerprint density at radius 1 is 1.25 bits per heavy atom. The van der Waals surface area contributed by atoms with Gasteiger partial charge in [-0.15, -0.1) is 0 Å². The molecule has 1 nitrogen and oxygen atoms in total. The van der Waals surface area contributed by atoms with E-state index >= 15 is 0 Å². The molecule has 0 amide bonds. The van der Waals surface area contributed by atoms with Crippen LogP contribution in [0.4, 0.5) is 0 Å². The molecule has 0 aliphatic carbocycles. The van der Waals surface area contributed by atoms with E-state index in [1.54, 1.807) is 0 Å². The van der Waals surface area contributed by atoms with Crippen molar-refractivity contribution in [3.8, 4) is 0 Å². The predicted molar refractivity (Wildman–Crippen MR) is 54.6 cm³/mol. The minimum atomic E-state index is 0.316. The third-order valence-corrected chi connectivity index (χ3v) is 2.72. The molecule has 1 saturated heterocycles. The van der Waals surface area contributed by atoms with Crippen LogP contribution in [0.5, 0.6) is 0 Å². The first kappa shape index (κ1) is 10.1. The second-order valence-corrected chi connectivity index (χ2v) is 5.87. The predicted octanol–water partition coefficient (Wildman–Crippen LogP) is 3.22. The van der Waals surface area contributed by atoms with Gasteiger partial charge in [-0.3, -0.25) is 0 Å². The van der Waals surface area contributed by atoms with Gasteiger partial charge in [-0.1, -0.05) is 41.0 Å². The van der Waals surface area contributed by atoms with Crippen LogP contribution >= 0.6 is 0 Å². The zero-order chi connectivity index (χ0) is 9.41. The Hall–Kier alpha value is 0.0249. The van der Waals surface area contributed by atoms with E-state index in [1.807, 2.05) is 0 Å². The molecule has 0 unspecified atom stereocenters. The van der Waals surface area contributed by atoms with Gasteiger partial charge in [-0.2, -0.15) is 0 Å². The molecule has 0 bridgehead atoms. The Balaban J connectivity index is 2.47. The van der Waals surface area contributed by atoms with E-state index in [9.17, 15) is 0 Å². The van der Waals surface area contributed by atoms with Crippen LogP contribution in [-0.2, 0) is 4.65 Å². The molecule has 0 radical (unpaired) electrons. The Labute approximate surface area is 77.0 Å². The summed E-state index contributed by atoms with van der Waals surface area (Å²) >= 11 is 0. The maximum Gasteiger partial charge on any atom is 0.298 e. The number of hydrogen-bond donors (Lipinski definition) is 0. The second kappa shape index (κ2) is 3.06. The molecule has 0 saturated carbocycles. The fourth-order valence-corrected chi connectivity index (χ4v) is 1.69. The molecule has 0 aromatic rings. The number of hydrogen-bond acceptors (Lipinski definition) is 1. The van der Waals surface area contributed by atoms with Gasteiger partial charge in [0.25, 0.3) is 6.92 Å². The van der Waals surface area contributed by atoms with Crippen LogP contribution in [-0.4, -0.2) is 13.5 Å². The monoisotopic (exact) mass is 168 g/mol. The first-order chi connectivity index (χ1) is 5.31. The summed E-state index contributed by atoms with van der Waals surface area (Å²) in [5, 5.41) is 0.316. The zero-order valence-electron chi connectivity index (χ0n) is 9.11. The van der Waals surface area contributed by atoms with E-state index in [2.05, 4.69) is 34.6 Å². The molecule has 0 atom stereocenters. The minimum Gasteiger partial charge on any atom is -0.435 e. The highest BCUT2D eigenvalue weighted by atomic mass is 16.4. The van der Waals surface area contributed by atoms with Crippen LogP contribution in [0.1, 0.15) is 41.0 Å². The van der Waals surface area contributed by atoms with Crippen molar-refractivity contribution in [2.24, 2.45) is 5.41 Å². The van der Waals surface area contributed by atoms with Crippen molar-refractivity contribution in [3.05, 3.63) is 0 Å². The summed E-state index contributed by atoms with van der Waals surface area (Å²) in [5.41, 5.74) is 0.405. The van der Waals surface area contributed by atoms with Gasteiger partial charge in [0.1, 0.15) is 0 Å². The summed E-state index contributed by atoms with van der Waals surface area (Å²) in [6.07, 6.45) is 2.52. The van der Waals surface area contributed by atoms with Gasteiger partial charge in [-0.05, 0) is 17.0 Å². The molecule has 1 fully saturated rings. The van der Waals surface area contributed by atoms with E-state index in [4.69, 9.17) is 4.65 Å². The summed E-state index contributed by atoms with van der Waals surface area (Å²) in [4.78, 5) is 0. The molecule has 1 heterocycles. The summed E-state index contributed by atoms with van der Waals surface area (Å²) in [6.45, 7) is 12.7. The van der Waals surface area contributed by atoms with Crippen LogP contribution in [0.2, 0.25) is 11.6 Å². The van der Waals surface area contributed by atoms with Crippen molar-refractivity contribution in [1.82, 2.24) is 0 Å². The maximum absolute atomic E-state index is 5.86. The Morgan fingerprint density at radius 3 is 2.17 bits per heavy atom. The second-order valence-electron chi connectivity index (χ2n) is 5.87. The van der Waals surface area contributed by atoms with Crippen molar-refractivity contribution < 1.29 is 4.65 Å². The van der Waals surface area contributed by atoms with Crippen molar-refractivity contribution >= 4 is 6.92 Å². The summed E-state index contributed by atoms with van der Waals surface area (Å²) in [7, 11) is 0. The molecule has 0 N–H and O–H groups in total. The van der Waals surface area contributed by atoms with Gasteiger partial charge >= 0.3 is 0 Å². The average molecular weight is 168 g/mol. The molecular weight excluding hydrogens is 147 g/mol. The smallest absolute Gasteiger partial charge is 0.298 e. The van der Waals surface area contributed by atoms with Crippen LogP contribution in [0.15, 0.2) is 0 Å². The van der Waals surface area contributed by atoms with Crippen molar-refractivity contribution in [2.75, 3.05) is 6.61 Å². The molecule has 1 aliphatic heterocycles. The first-order valence-corrected chi connectivity index (χ1v) is 4.93. The average Bonchev–Trinajstić information content (AvgIpc) is 1.83. The molecule has 12 heavy (non-hydrogen) atoms. The van der Waals surface area contributed by atoms with Crippen molar-refractivity contribution in [1.29, 1.82) is 0 Å². The lowest BCUT2D eigenvalue weighted by atomic mass is 9.43. The van der Waals surface area contributed by atoms with E-state index in [0.717, 1.165) is 6.61 Å². The van der Waals surface area contributed by atoms with Gasteiger partial charge in [0.15, 0.2) is 0 Å². The maximum atomic E-state index is 5.86. The van der Waals surface area contributed by atoms with Gasteiger partial charge in [0.2, 0.25) is 0 Å².